The normalized spacial score (nSPS) is 11.0. The van der Waals surface area contributed by atoms with Crippen molar-refractivity contribution in [1.82, 2.24) is 0 Å². The number of rotatable bonds is 6. The minimum Gasteiger partial charge on any atom is -0.423 e. The van der Waals surface area contributed by atoms with Gasteiger partial charge in [-0.3, -0.25) is 9.59 Å². The molecule has 0 amide bonds. The van der Waals surface area contributed by atoms with Gasteiger partial charge in [0, 0.05) is 17.4 Å². The van der Waals surface area contributed by atoms with Crippen LogP contribution in [0.5, 0.6) is 0 Å². The van der Waals surface area contributed by atoms with Gasteiger partial charge in [0.25, 0.3) is 0 Å². The molecule has 212 valence electrons. The third-order valence-electron chi connectivity index (χ3n) is 5.00. The summed E-state index contributed by atoms with van der Waals surface area (Å²) in [5.74, 6) is 0.149. The summed E-state index contributed by atoms with van der Waals surface area (Å²) in [7, 11) is -8.12. The fourth-order valence-electron chi connectivity index (χ4n) is 2.97. The highest BCUT2D eigenvalue weighted by atomic mass is 79.9. The fraction of sp³-hybridized carbons (Fsp3) is 0.154. The second-order valence-corrected chi connectivity index (χ2v) is 16.0. The number of benzene rings is 2. The number of thiophene rings is 2. The highest BCUT2D eigenvalue weighted by Gasteiger charge is 2.14. The topological polar surface area (TPSA) is 143 Å². The first kappa shape index (κ1) is 33.7. The van der Waals surface area contributed by atoms with E-state index in [1.54, 1.807) is 31.2 Å². The summed E-state index contributed by atoms with van der Waals surface area (Å²) in [4.78, 5) is 24.6. The molecule has 0 saturated carbocycles. The summed E-state index contributed by atoms with van der Waals surface area (Å²) in [6.45, 7) is 3.08. The Hall–Kier alpha value is -2.46. The lowest BCUT2D eigenvalue weighted by atomic mass is 9.80. The smallest absolute Gasteiger partial charge is 0.423 e. The van der Waals surface area contributed by atoms with E-state index in [2.05, 4.69) is 15.9 Å². The molecule has 0 spiro atoms. The predicted molar refractivity (Wildman–Crippen MR) is 164 cm³/mol. The van der Waals surface area contributed by atoms with E-state index in [1.165, 1.54) is 60.1 Å². The third kappa shape index (κ3) is 10.5. The number of sulfone groups is 2. The first-order chi connectivity index (χ1) is 18.5. The highest BCUT2D eigenvalue weighted by Crippen LogP contribution is 2.29. The van der Waals surface area contributed by atoms with E-state index >= 15 is 0 Å². The zero-order valence-corrected chi connectivity index (χ0v) is 26.7. The van der Waals surface area contributed by atoms with Gasteiger partial charge < -0.3 is 10.0 Å². The maximum atomic E-state index is 11.5. The zero-order valence-electron chi connectivity index (χ0n) is 21.9. The van der Waals surface area contributed by atoms with Crippen LogP contribution in [-0.4, -0.2) is 58.1 Å². The molecule has 0 aliphatic rings. The lowest BCUT2D eigenvalue weighted by Gasteiger charge is -2.01. The Balaban J connectivity index is 0.000000224. The molecule has 2 heterocycles. The molecule has 0 saturated heterocycles. The molecular weight excluding hydrogens is 659 g/mol. The largest absolute Gasteiger partial charge is 0.488 e. The summed E-state index contributed by atoms with van der Waals surface area (Å²) in [6.07, 6.45) is 2.25. The van der Waals surface area contributed by atoms with Crippen LogP contribution in [0.2, 0.25) is 0 Å². The molecule has 4 rings (SSSR count). The molecule has 4 aromatic rings. The van der Waals surface area contributed by atoms with E-state index in [0.29, 0.717) is 4.88 Å². The van der Waals surface area contributed by atoms with Gasteiger partial charge in [0.05, 0.1) is 23.3 Å². The van der Waals surface area contributed by atoms with Gasteiger partial charge in [-0.2, -0.15) is 0 Å². The molecule has 2 aromatic carbocycles. The van der Waals surface area contributed by atoms with E-state index < -0.39 is 26.8 Å². The average molecular weight is 685 g/mol. The fourth-order valence-corrected chi connectivity index (χ4v) is 6.49. The molecular formula is C26H26BBrO8S4. The van der Waals surface area contributed by atoms with E-state index in [0.717, 1.165) is 25.4 Å². The lowest BCUT2D eigenvalue weighted by molar-refractivity contribution is 0.101. The summed E-state index contributed by atoms with van der Waals surface area (Å²) >= 11 is 6.10. The van der Waals surface area contributed by atoms with E-state index in [9.17, 15) is 26.4 Å². The van der Waals surface area contributed by atoms with Crippen LogP contribution >= 0.6 is 38.6 Å². The summed E-state index contributed by atoms with van der Waals surface area (Å²) in [5, 5.41) is 17.5. The Morgan fingerprint density at radius 3 is 1.65 bits per heavy atom. The molecule has 14 heteroatoms. The molecule has 0 fully saturated rings. The van der Waals surface area contributed by atoms with Crippen LogP contribution in [0.3, 0.4) is 0 Å². The Kier molecular flexibility index (Phi) is 12.2. The number of hydrogen-bond donors (Lipinski definition) is 2. The first-order valence-corrected chi connectivity index (χ1v) is 17.5. The molecule has 0 bridgehead atoms. The van der Waals surface area contributed by atoms with Crippen LogP contribution in [-0.2, 0) is 19.7 Å². The van der Waals surface area contributed by atoms with Crippen LogP contribution < -0.4 is 5.46 Å². The van der Waals surface area contributed by atoms with Crippen LogP contribution in [0.1, 0.15) is 33.2 Å². The van der Waals surface area contributed by atoms with Gasteiger partial charge >= 0.3 is 7.12 Å². The van der Waals surface area contributed by atoms with Gasteiger partial charge in [0.1, 0.15) is 0 Å². The predicted octanol–water partition coefficient (Wildman–Crippen LogP) is 4.50. The van der Waals surface area contributed by atoms with Crippen molar-refractivity contribution in [3.63, 3.8) is 0 Å². The summed E-state index contributed by atoms with van der Waals surface area (Å²) in [6, 6.07) is 19.6. The second-order valence-electron chi connectivity index (χ2n) is 8.40. The van der Waals surface area contributed by atoms with E-state index in [4.69, 9.17) is 10.0 Å². The maximum absolute atomic E-state index is 11.5. The molecule has 0 unspecified atom stereocenters. The SMILES string of the molecule is CC(=O)c1ccc(-c2cccc(S(C)(=O)=O)c2)s1.CC(=O)c1ccc(Br)s1.CS(=O)(=O)c1cccc(B(O)O)c1. The maximum Gasteiger partial charge on any atom is 0.488 e. The van der Waals surface area contributed by atoms with Crippen molar-refractivity contribution in [3.8, 4) is 10.4 Å². The Labute approximate surface area is 250 Å². The summed E-state index contributed by atoms with van der Waals surface area (Å²) < 4.78 is 46.1. The molecule has 0 radical (unpaired) electrons. The van der Waals surface area contributed by atoms with Crippen molar-refractivity contribution < 1.29 is 36.5 Å². The summed E-state index contributed by atoms with van der Waals surface area (Å²) in [5.41, 5.74) is 0.985. The van der Waals surface area contributed by atoms with Crippen LogP contribution in [0.25, 0.3) is 10.4 Å². The van der Waals surface area contributed by atoms with Gasteiger partial charge in [0.15, 0.2) is 31.2 Å². The van der Waals surface area contributed by atoms with Crippen molar-refractivity contribution in [3.05, 3.63) is 86.3 Å². The average Bonchev–Trinajstić information content (AvgIpc) is 3.54. The number of Topliss-reactive ketones (excluding diaryl/α,β-unsaturated/α-hetero) is 2. The first-order valence-electron chi connectivity index (χ1n) is 11.3. The van der Waals surface area contributed by atoms with Crippen molar-refractivity contribution in [2.24, 2.45) is 0 Å². The van der Waals surface area contributed by atoms with Gasteiger partial charge in [0.2, 0.25) is 0 Å². The molecule has 0 atom stereocenters. The lowest BCUT2D eigenvalue weighted by Crippen LogP contribution is -2.30. The Bertz CT molecular complexity index is 1710. The molecule has 0 aliphatic carbocycles. The minimum absolute atomic E-state index is 0.0190. The van der Waals surface area contributed by atoms with E-state index in [-0.39, 0.29) is 26.8 Å². The monoisotopic (exact) mass is 684 g/mol. The molecule has 8 nitrogen and oxygen atoms in total. The minimum atomic E-state index is -3.28. The van der Waals surface area contributed by atoms with Crippen molar-refractivity contribution >= 4 is 82.4 Å². The Morgan fingerprint density at radius 1 is 0.725 bits per heavy atom. The highest BCUT2D eigenvalue weighted by molar-refractivity contribution is 9.11. The zero-order chi connectivity index (χ0) is 30.3. The van der Waals surface area contributed by atoms with Crippen molar-refractivity contribution in [2.45, 2.75) is 23.6 Å². The number of hydrogen-bond acceptors (Lipinski definition) is 10. The van der Waals surface area contributed by atoms with E-state index in [1.807, 2.05) is 24.3 Å². The number of carbonyl (C=O) groups is 2. The van der Waals surface area contributed by atoms with Gasteiger partial charge in [-0.05, 0) is 89.3 Å². The van der Waals surface area contributed by atoms with Crippen LogP contribution in [0, 0.1) is 0 Å². The number of ketones is 2. The quantitative estimate of drug-likeness (QED) is 0.223. The van der Waals surface area contributed by atoms with Crippen molar-refractivity contribution in [1.29, 1.82) is 0 Å². The van der Waals surface area contributed by atoms with Gasteiger partial charge in [-0.1, -0.05) is 24.3 Å². The third-order valence-corrected chi connectivity index (χ3v) is 10.2. The Morgan fingerprint density at radius 2 is 1.23 bits per heavy atom. The van der Waals surface area contributed by atoms with Crippen LogP contribution in [0.15, 0.2) is 86.4 Å². The molecule has 2 aromatic heterocycles. The molecule has 40 heavy (non-hydrogen) atoms. The van der Waals surface area contributed by atoms with Gasteiger partial charge in [-0.25, -0.2) is 16.8 Å². The van der Waals surface area contributed by atoms with Crippen molar-refractivity contribution in [2.75, 3.05) is 12.5 Å². The second kappa shape index (κ2) is 14.4. The van der Waals surface area contributed by atoms with Crippen LogP contribution in [0.4, 0.5) is 0 Å². The van der Waals surface area contributed by atoms with Gasteiger partial charge in [-0.15, -0.1) is 22.7 Å². The number of halogens is 1. The standard InChI is InChI=1S/C13H12O3S2.C7H9BO4S.C6H5BrOS/c1-9(14)12-6-7-13(17-12)10-4-3-5-11(8-10)18(2,15)16;1-13(11,12)7-4-2-3-6(5-7)8(9)10;1-4(8)5-2-3-6(7)9-5/h3-8H,1-2H3;2-5,9-10H,1H3;2-3H,1H3. The number of carbonyl (C=O) groups excluding carboxylic acids is 2. The molecule has 0 aliphatic heterocycles. The molecule has 2 N–H and O–H groups in total.